The van der Waals surface area contributed by atoms with E-state index in [1.165, 1.54) is 11.3 Å². The number of likely N-dealkylation sites (tertiary alicyclic amines) is 1. The number of halogens is 1. The monoisotopic (exact) mass is 415 g/mol. The predicted octanol–water partition coefficient (Wildman–Crippen LogP) is 4.45. The zero-order chi connectivity index (χ0) is 18.6. The summed E-state index contributed by atoms with van der Waals surface area (Å²) < 4.78 is 6.02. The molecule has 5 nitrogen and oxygen atoms in total. The van der Waals surface area contributed by atoms with E-state index in [1.807, 2.05) is 64.9 Å². The number of rotatable bonds is 5. The first-order chi connectivity index (χ1) is 13.2. The number of carbonyl (C=O) groups is 1. The third kappa shape index (κ3) is 4.35. The fraction of sp³-hybridized carbons (Fsp3) is 0.238. The van der Waals surface area contributed by atoms with Crippen molar-refractivity contribution < 1.29 is 9.53 Å². The Hall–Kier alpha value is -2.41. The molecule has 0 radical (unpaired) electrons. The number of ether oxygens (including phenoxy) is 1. The van der Waals surface area contributed by atoms with Crippen molar-refractivity contribution in [3.8, 4) is 22.1 Å². The van der Waals surface area contributed by atoms with E-state index in [2.05, 4.69) is 4.98 Å². The molecular formula is C21H22ClN3O2S. The highest BCUT2D eigenvalue weighted by molar-refractivity contribution is 7.13. The van der Waals surface area contributed by atoms with Crippen molar-refractivity contribution in [1.29, 1.82) is 0 Å². The first-order valence-electron chi connectivity index (χ1n) is 9.02. The van der Waals surface area contributed by atoms with E-state index in [4.69, 9.17) is 10.5 Å². The predicted molar refractivity (Wildman–Crippen MR) is 114 cm³/mol. The molecule has 2 N–H and O–H groups in total. The van der Waals surface area contributed by atoms with Gasteiger partial charge in [-0.15, -0.1) is 23.7 Å². The number of para-hydroxylation sites is 2. The largest absolute Gasteiger partial charge is 0.457 e. The summed E-state index contributed by atoms with van der Waals surface area (Å²) >= 11 is 1.46. The Morgan fingerprint density at radius 2 is 1.93 bits per heavy atom. The number of hydrogen-bond acceptors (Lipinski definition) is 5. The molecule has 3 aromatic rings. The van der Waals surface area contributed by atoms with Gasteiger partial charge in [0.2, 0.25) is 0 Å². The second-order valence-corrected chi connectivity index (χ2v) is 7.45. The maximum atomic E-state index is 12.7. The Morgan fingerprint density at radius 1 is 1.18 bits per heavy atom. The van der Waals surface area contributed by atoms with Gasteiger partial charge in [-0.1, -0.05) is 30.3 Å². The second kappa shape index (κ2) is 9.19. The van der Waals surface area contributed by atoms with Crippen LogP contribution in [0.5, 0.6) is 11.5 Å². The minimum absolute atomic E-state index is 0. The highest BCUT2D eigenvalue weighted by atomic mass is 35.5. The molecule has 146 valence electrons. The molecule has 1 aliphatic heterocycles. The van der Waals surface area contributed by atoms with Gasteiger partial charge < -0.3 is 15.4 Å². The quantitative estimate of drug-likeness (QED) is 0.668. The molecule has 28 heavy (non-hydrogen) atoms. The van der Waals surface area contributed by atoms with E-state index in [9.17, 15) is 4.79 Å². The van der Waals surface area contributed by atoms with Crippen LogP contribution >= 0.6 is 23.7 Å². The van der Waals surface area contributed by atoms with Crippen LogP contribution in [0, 0.1) is 5.92 Å². The van der Waals surface area contributed by atoms with Crippen molar-refractivity contribution in [3.05, 3.63) is 65.7 Å². The van der Waals surface area contributed by atoms with Gasteiger partial charge in [-0.3, -0.25) is 4.79 Å². The summed E-state index contributed by atoms with van der Waals surface area (Å²) in [6.07, 6.45) is 0.965. The molecule has 0 aliphatic carbocycles. The topological polar surface area (TPSA) is 68.5 Å². The van der Waals surface area contributed by atoms with Crippen LogP contribution in [-0.2, 0) is 0 Å². The second-order valence-electron chi connectivity index (χ2n) is 6.59. The standard InChI is InChI=1S/C21H21N3O2S.ClH/c22-12-15-10-11-24(13-15)21(25)18-14-27-20(23-18)17-8-4-5-9-19(17)26-16-6-2-1-3-7-16;/h1-9,14-15H,10-13,22H2;1H/t15-;/m0./s1. The molecule has 0 spiro atoms. The van der Waals surface area contributed by atoms with Crippen molar-refractivity contribution in [1.82, 2.24) is 9.88 Å². The number of benzene rings is 2. The Labute approximate surface area is 174 Å². The first kappa shape index (κ1) is 20.3. The lowest BCUT2D eigenvalue weighted by atomic mass is 10.1. The van der Waals surface area contributed by atoms with Crippen molar-refractivity contribution in [2.24, 2.45) is 11.7 Å². The van der Waals surface area contributed by atoms with Crippen LogP contribution in [0.3, 0.4) is 0 Å². The Morgan fingerprint density at radius 3 is 2.68 bits per heavy atom. The van der Waals surface area contributed by atoms with E-state index in [1.54, 1.807) is 0 Å². The average Bonchev–Trinajstić information content (AvgIpc) is 3.38. The van der Waals surface area contributed by atoms with Crippen LogP contribution in [-0.4, -0.2) is 35.4 Å². The Kier molecular flexibility index (Phi) is 6.67. The maximum absolute atomic E-state index is 12.7. The molecule has 2 aromatic carbocycles. The van der Waals surface area contributed by atoms with Gasteiger partial charge >= 0.3 is 0 Å². The van der Waals surface area contributed by atoms with Crippen LogP contribution in [0.1, 0.15) is 16.9 Å². The molecule has 2 heterocycles. The van der Waals surface area contributed by atoms with Gasteiger partial charge in [0, 0.05) is 18.5 Å². The molecule has 1 aliphatic rings. The average molecular weight is 416 g/mol. The summed E-state index contributed by atoms with van der Waals surface area (Å²) in [6.45, 7) is 2.09. The van der Waals surface area contributed by atoms with E-state index >= 15 is 0 Å². The zero-order valence-electron chi connectivity index (χ0n) is 15.3. The molecule has 1 atom stereocenters. The molecule has 1 aromatic heterocycles. The lowest BCUT2D eigenvalue weighted by molar-refractivity contribution is 0.0782. The summed E-state index contributed by atoms with van der Waals surface area (Å²) in [4.78, 5) is 19.2. The smallest absolute Gasteiger partial charge is 0.273 e. The molecule has 1 saturated heterocycles. The van der Waals surface area contributed by atoms with Crippen LogP contribution in [0.15, 0.2) is 60.0 Å². The van der Waals surface area contributed by atoms with E-state index < -0.39 is 0 Å². The van der Waals surface area contributed by atoms with Crippen molar-refractivity contribution in [2.75, 3.05) is 19.6 Å². The summed E-state index contributed by atoms with van der Waals surface area (Å²) in [7, 11) is 0. The van der Waals surface area contributed by atoms with Gasteiger partial charge in [0.25, 0.3) is 5.91 Å². The molecule has 0 saturated carbocycles. The minimum Gasteiger partial charge on any atom is -0.457 e. The molecule has 0 unspecified atom stereocenters. The number of thiazole rings is 1. The number of aromatic nitrogens is 1. The number of hydrogen-bond donors (Lipinski definition) is 1. The molecule has 4 rings (SSSR count). The van der Waals surface area contributed by atoms with Crippen molar-refractivity contribution in [3.63, 3.8) is 0 Å². The minimum atomic E-state index is -0.0186. The fourth-order valence-corrected chi connectivity index (χ4v) is 4.04. The number of amides is 1. The van der Waals surface area contributed by atoms with Gasteiger partial charge in [-0.05, 0) is 43.1 Å². The van der Waals surface area contributed by atoms with Gasteiger partial charge in [0.1, 0.15) is 22.2 Å². The third-order valence-corrected chi connectivity index (χ3v) is 5.59. The van der Waals surface area contributed by atoms with Gasteiger partial charge in [0.05, 0.1) is 5.56 Å². The zero-order valence-corrected chi connectivity index (χ0v) is 16.9. The van der Waals surface area contributed by atoms with Crippen LogP contribution < -0.4 is 10.5 Å². The van der Waals surface area contributed by atoms with E-state index in [0.717, 1.165) is 41.6 Å². The third-order valence-electron chi connectivity index (χ3n) is 4.72. The number of nitrogens with zero attached hydrogens (tertiary/aromatic N) is 2. The molecule has 0 bridgehead atoms. The summed E-state index contributed by atoms with van der Waals surface area (Å²) in [5, 5.41) is 2.60. The van der Waals surface area contributed by atoms with Crippen molar-refractivity contribution >= 4 is 29.7 Å². The number of carbonyl (C=O) groups excluding carboxylic acids is 1. The lowest BCUT2D eigenvalue weighted by Gasteiger charge is -2.14. The van der Waals surface area contributed by atoms with Crippen LogP contribution in [0.25, 0.3) is 10.6 Å². The maximum Gasteiger partial charge on any atom is 0.273 e. The highest BCUT2D eigenvalue weighted by Crippen LogP contribution is 2.35. The summed E-state index contributed by atoms with van der Waals surface area (Å²) in [5.41, 5.74) is 7.10. The van der Waals surface area contributed by atoms with Crippen molar-refractivity contribution in [2.45, 2.75) is 6.42 Å². The highest BCUT2D eigenvalue weighted by Gasteiger charge is 2.27. The first-order valence-corrected chi connectivity index (χ1v) is 9.89. The summed E-state index contributed by atoms with van der Waals surface area (Å²) in [6, 6.07) is 17.4. The molecule has 1 fully saturated rings. The van der Waals surface area contributed by atoms with Gasteiger partial charge in [0.15, 0.2) is 0 Å². The summed E-state index contributed by atoms with van der Waals surface area (Å²) in [5.74, 6) is 1.87. The van der Waals surface area contributed by atoms with Gasteiger partial charge in [-0.25, -0.2) is 4.98 Å². The normalized spacial score (nSPS) is 15.9. The SMILES string of the molecule is Cl.NC[C@@H]1CCN(C(=O)c2csc(-c3ccccc3Oc3ccccc3)n2)C1. The van der Waals surface area contributed by atoms with Crippen LogP contribution in [0.4, 0.5) is 0 Å². The Bertz CT molecular complexity index is 932. The molecule has 1 amide bonds. The number of nitrogens with two attached hydrogens (primary N) is 1. The fourth-order valence-electron chi connectivity index (χ4n) is 3.22. The van der Waals surface area contributed by atoms with E-state index in [-0.39, 0.29) is 18.3 Å². The molecule has 7 heteroatoms. The Balaban J connectivity index is 0.00000225. The van der Waals surface area contributed by atoms with Gasteiger partial charge in [-0.2, -0.15) is 0 Å². The molecular weight excluding hydrogens is 394 g/mol. The lowest BCUT2D eigenvalue weighted by Crippen LogP contribution is -2.30. The van der Waals surface area contributed by atoms with Crippen LogP contribution in [0.2, 0.25) is 0 Å². The van der Waals surface area contributed by atoms with E-state index in [0.29, 0.717) is 18.2 Å².